The van der Waals surface area contributed by atoms with Gasteiger partial charge in [0.15, 0.2) is 11.7 Å². The van der Waals surface area contributed by atoms with Gasteiger partial charge in [0.1, 0.15) is 0 Å². The van der Waals surface area contributed by atoms with Gasteiger partial charge < -0.3 is 9.47 Å². The fourth-order valence-electron chi connectivity index (χ4n) is 1.12. The lowest BCUT2D eigenvalue weighted by Gasteiger charge is -2.34. The second-order valence-electron chi connectivity index (χ2n) is 3.74. The van der Waals surface area contributed by atoms with Crippen LogP contribution < -0.4 is 0 Å². The first-order valence-electron chi connectivity index (χ1n) is 4.64. The largest absolute Gasteiger partial charge is 0.695 e. The van der Waals surface area contributed by atoms with Crippen molar-refractivity contribution in [1.82, 2.24) is 0 Å². The van der Waals surface area contributed by atoms with E-state index in [4.69, 9.17) is 14.4 Å². The molecule has 0 radical (unpaired) electrons. The molecule has 1 rings (SSSR count). The predicted octanol–water partition coefficient (Wildman–Crippen LogP) is 1.74. The van der Waals surface area contributed by atoms with Crippen molar-refractivity contribution in [1.29, 1.82) is 0 Å². The van der Waals surface area contributed by atoms with Crippen LogP contribution in [-0.4, -0.2) is 35.6 Å². The lowest BCUT2D eigenvalue weighted by atomic mass is 10.2. The smallest absolute Gasteiger partial charge is 0.350 e. The van der Waals surface area contributed by atoms with E-state index in [2.05, 4.69) is 4.52 Å². The molecule has 1 N–H and O–H groups in total. The van der Waals surface area contributed by atoms with Crippen LogP contribution in [0.2, 0.25) is 0 Å². The van der Waals surface area contributed by atoms with E-state index in [1.165, 1.54) is 11.8 Å². The van der Waals surface area contributed by atoms with E-state index in [0.717, 1.165) is 5.75 Å². The molecule has 1 saturated heterocycles. The molecular weight excluding hydrogens is 239 g/mol. The van der Waals surface area contributed by atoms with Gasteiger partial charge in [-0.3, -0.25) is 0 Å². The van der Waals surface area contributed by atoms with Gasteiger partial charge in [-0.1, -0.05) is 0 Å². The number of hydrogen-bond donors (Lipinski definition) is 1. The van der Waals surface area contributed by atoms with E-state index < -0.39 is 14.0 Å². The molecule has 1 heterocycles. The third kappa shape index (κ3) is 5.80. The maximum Gasteiger partial charge on any atom is 0.695 e. The molecule has 0 aromatic heterocycles. The molecule has 1 atom stereocenters. The second-order valence-corrected chi connectivity index (χ2v) is 5.45. The Kier molecular flexibility index (Phi) is 5.46. The maximum absolute atomic E-state index is 10.2. The molecule has 0 aliphatic carbocycles. The summed E-state index contributed by atoms with van der Waals surface area (Å²) in [5.41, 5.74) is 0. The molecule has 1 fully saturated rings. The van der Waals surface area contributed by atoms with Crippen LogP contribution in [0.1, 0.15) is 13.8 Å². The van der Waals surface area contributed by atoms with Crippen molar-refractivity contribution < 1.29 is 23.5 Å². The summed E-state index contributed by atoms with van der Waals surface area (Å²) in [5.74, 6) is 0.875. The summed E-state index contributed by atoms with van der Waals surface area (Å²) in [6, 6.07) is 0. The Hall–Kier alpha value is 0.290. The van der Waals surface area contributed by atoms with E-state index in [1.807, 2.05) is 13.8 Å². The van der Waals surface area contributed by atoms with Crippen LogP contribution in [0.4, 0.5) is 0 Å². The van der Waals surface area contributed by atoms with Gasteiger partial charge in [-0.2, -0.15) is 0 Å². The minimum Gasteiger partial charge on any atom is -0.350 e. The lowest BCUT2D eigenvalue weighted by Crippen LogP contribution is -2.40. The number of rotatable bonds is 5. The number of thioether (sulfide) groups is 1. The number of hydrogen-bond acceptors (Lipinski definition) is 5. The van der Waals surface area contributed by atoms with Crippen LogP contribution in [0.3, 0.4) is 0 Å². The van der Waals surface area contributed by atoms with E-state index in [-0.39, 0.29) is 5.94 Å². The average molecular weight is 255 g/mol. The van der Waals surface area contributed by atoms with Crippen LogP contribution >= 0.6 is 20.0 Å². The molecular formula is C8H16O5PS+. The molecule has 88 valence electrons. The topological polar surface area (TPSA) is 65.0 Å². The Morgan fingerprint density at radius 3 is 2.67 bits per heavy atom. The van der Waals surface area contributed by atoms with Crippen molar-refractivity contribution in [3.8, 4) is 0 Å². The molecule has 1 unspecified atom stereocenters. The summed E-state index contributed by atoms with van der Waals surface area (Å²) in [6.45, 7) is 5.09. The van der Waals surface area contributed by atoms with Gasteiger partial charge in [-0.25, -0.2) is 0 Å². The fourth-order valence-corrected chi connectivity index (χ4v) is 2.40. The van der Waals surface area contributed by atoms with Gasteiger partial charge in [0, 0.05) is 16.2 Å². The minimum atomic E-state index is -2.48. The highest BCUT2D eigenvalue weighted by molar-refractivity contribution is 7.99. The highest BCUT2D eigenvalue weighted by Crippen LogP contribution is 2.24. The average Bonchev–Trinajstić information content (AvgIpc) is 2.14. The molecule has 1 aliphatic heterocycles. The van der Waals surface area contributed by atoms with Gasteiger partial charge in [-0.15, -0.1) is 21.2 Å². The van der Waals surface area contributed by atoms with E-state index in [9.17, 15) is 4.57 Å². The summed E-state index contributed by atoms with van der Waals surface area (Å²) in [6.07, 6.45) is 0. The molecule has 0 spiro atoms. The van der Waals surface area contributed by atoms with Gasteiger partial charge >= 0.3 is 8.25 Å². The van der Waals surface area contributed by atoms with Crippen LogP contribution in [0.25, 0.3) is 0 Å². The lowest BCUT2D eigenvalue weighted by molar-refractivity contribution is -0.259. The highest BCUT2D eigenvalue weighted by Gasteiger charge is 2.28. The van der Waals surface area contributed by atoms with Crippen molar-refractivity contribution >= 4 is 20.0 Å². The van der Waals surface area contributed by atoms with Crippen molar-refractivity contribution in [2.45, 2.75) is 19.6 Å². The fraction of sp³-hybridized carbons (Fsp3) is 1.00. The summed E-state index contributed by atoms with van der Waals surface area (Å²) >= 11 is 1.46. The van der Waals surface area contributed by atoms with Crippen LogP contribution in [0.15, 0.2) is 0 Å². The zero-order valence-corrected chi connectivity index (χ0v) is 10.6. The Labute approximate surface area is 94.4 Å². The number of ether oxygens (including phenoxy) is 2. The first kappa shape index (κ1) is 13.4. The normalized spacial score (nSPS) is 22.7. The van der Waals surface area contributed by atoms with Gasteiger partial charge in [0.05, 0.1) is 13.2 Å². The molecule has 5 nitrogen and oxygen atoms in total. The molecule has 1 aliphatic rings. The Balaban J connectivity index is 2.06. The first-order chi connectivity index (χ1) is 6.99. The Morgan fingerprint density at radius 1 is 1.53 bits per heavy atom. The van der Waals surface area contributed by atoms with Crippen molar-refractivity contribution in [2.24, 2.45) is 5.92 Å². The van der Waals surface area contributed by atoms with Crippen molar-refractivity contribution in [3.05, 3.63) is 0 Å². The molecule has 0 aromatic carbocycles. The maximum atomic E-state index is 10.2. The van der Waals surface area contributed by atoms with Gasteiger partial charge in [-0.05, 0) is 13.8 Å². The predicted molar refractivity (Wildman–Crippen MR) is 57.7 cm³/mol. The third-order valence-electron chi connectivity index (χ3n) is 1.93. The van der Waals surface area contributed by atoms with Crippen LogP contribution in [0, 0.1) is 5.92 Å². The summed E-state index contributed by atoms with van der Waals surface area (Å²) in [5, 5.41) is 0. The Bertz CT molecular complexity index is 213. The first-order valence-corrected chi connectivity index (χ1v) is 6.93. The monoisotopic (exact) mass is 255 g/mol. The molecule has 15 heavy (non-hydrogen) atoms. The SMILES string of the molecule is CC1(C)OCC(CSCO[P+](=O)O)CO1. The van der Waals surface area contributed by atoms with Gasteiger partial charge in [0.2, 0.25) is 0 Å². The molecule has 0 aromatic rings. The third-order valence-corrected chi connectivity index (χ3v) is 3.45. The standard InChI is InChI=1S/C8H15O5PS/c1-8(2)11-3-7(4-12-8)5-15-6-13-14(9)10/h7H,3-6H2,1-2H3/p+1. The Morgan fingerprint density at radius 2 is 2.13 bits per heavy atom. The second kappa shape index (κ2) is 6.13. The zero-order valence-electron chi connectivity index (χ0n) is 8.84. The quantitative estimate of drug-likeness (QED) is 0.458. The molecule has 7 heteroatoms. The highest BCUT2D eigenvalue weighted by atomic mass is 32.2. The zero-order chi connectivity index (χ0) is 11.3. The molecule has 0 amide bonds. The van der Waals surface area contributed by atoms with Gasteiger partial charge in [0.25, 0.3) is 0 Å². The summed E-state index contributed by atoms with van der Waals surface area (Å²) in [4.78, 5) is 8.38. The molecule has 0 saturated carbocycles. The van der Waals surface area contributed by atoms with E-state index in [0.29, 0.717) is 19.1 Å². The van der Waals surface area contributed by atoms with E-state index in [1.54, 1.807) is 0 Å². The molecule has 0 bridgehead atoms. The van der Waals surface area contributed by atoms with Crippen molar-refractivity contribution in [2.75, 3.05) is 24.9 Å². The van der Waals surface area contributed by atoms with Crippen molar-refractivity contribution in [3.63, 3.8) is 0 Å². The van der Waals surface area contributed by atoms with Crippen LogP contribution in [0.5, 0.6) is 0 Å². The summed E-state index contributed by atoms with van der Waals surface area (Å²) < 4.78 is 25.7. The summed E-state index contributed by atoms with van der Waals surface area (Å²) in [7, 11) is -2.48. The van der Waals surface area contributed by atoms with Crippen LogP contribution in [-0.2, 0) is 18.6 Å². The minimum absolute atomic E-state index is 0.228. The van der Waals surface area contributed by atoms with E-state index >= 15 is 0 Å².